The number of piperidine rings is 3. The van der Waals surface area contributed by atoms with Gasteiger partial charge in [0.15, 0.2) is 5.78 Å². The van der Waals surface area contributed by atoms with Crippen LogP contribution in [0.5, 0.6) is 5.75 Å². The van der Waals surface area contributed by atoms with Crippen molar-refractivity contribution in [1.29, 1.82) is 0 Å². The van der Waals surface area contributed by atoms with Crippen molar-refractivity contribution in [2.45, 2.75) is 25.0 Å². The maximum atomic E-state index is 12.5. The average Bonchev–Trinajstić information content (AvgIpc) is 2.61. The Morgan fingerprint density at radius 1 is 1.26 bits per heavy atom. The fourth-order valence-electron chi connectivity index (χ4n) is 3.81. The lowest BCUT2D eigenvalue weighted by Gasteiger charge is -2.45. The Labute approximate surface area is 134 Å². The Hall–Kier alpha value is -1.98. The molecule has 1 aromatic heterocycles. The summed E-state index contributed by atoms with van der Waals surface area (Å²) in [4.78, 5) is 19.2. The van der Waals surface area contributed by atoms with Gasteiger partial charge in [0.1, 0.15) is 17.9 Å². The molecule has 0 amide bonds. The first-order valence-corrected chi connectivity index (χ1v) is 8.08. The number of pyridine rings is 1. The molecule has 2 bridgehead atoms. The smallest absolute Gasteiger partial charge is 0.156 e. The minimum atomic E-state index is -0.864. The number of nitrogens with zero attached hydrogens (tertiary/aromatic N) is 2. The fourth-order valence-corrected chi connectivity index (χ4v) is 3.81. The third-order valence-electron chi connectivity index (χ3n) is 5.14. The first kappa shape index (κ1) is 14.6. The van der Waals surface area contributed by atoms with E-state index in [0.29, 0.717) is 5.69 Å². The number of carbonyl (C=O) groups is 1. The molecule has 3 aliphatic rings. The first-order valence-electron chi connectivity index (χ1n) is 8.08. The van der Waals surface area contributed by atoms with Gasteiger partial charge in [0, 0.05) is 11.3 Å². The maximum Gasteiger partial charge on any atom is 0.156 e. The van der Waals surface area contributed by atoms with Gasteiger partial charge in [-0.15, -0.1) is 0 Å². The van der Waals surface area contributed by atoms with E-state index in [-0.39, 0.29) is 11.7 Å². The van der Waals surface area contributed by atoms with E-state index in [9.17, 15) is 9.90 Å². The van der Waals surface area contributed by atoms with E-state index in [4.69, 9.17) is 4.74 Å². The van der Waals surface area contributed by atoms with Gasteiger partial charge in [-0.2, -0.15) is 0 Å². The molecule has 0 radical (unpaired) electrons. The third kappa shape index (κ3) is 2.40. The lowest BCUT2D eigenvalue weighted by molar-refractivity contribution is -0.143. The monoisotopic (exact) mass is 312 g/mol. The predicted molar refractivity (Wildman–Crippen MR) is 86.3 cm³/mol. The number of rotatable bonds is 3. The number of carbonyl (C=O) groups excluding carboxylic acids is 1. The second-order valence-electron chi connectivity index (χ2n) is 6.40. The van der Waals surface area contributed by atoms with Gasteiger partial charge in [0.05, 0.1) is 18.3 Å². The van der Waals surface area contributed by atoms with Crippen LogP contribution in [0.3, 0.4) is 0 Å². The molecule has 3 aliphatic heterocycles. The van der Waals surface area contributed by atoms with Crippen LogP contribution >= 0.6 is 0 Å². The van der Waals surface area contributed by atoms with Crippen molar-refractivity contribution < 1.29 is 14.6 Å². The van der Waals surface area contributed by atoms with Crippen LogP contribution in [0.4, 0.5) is 0 Å². The number of ketones is 1. The van der Waals surface area contributed by atoms with Crippen molar-refractivity contribution in [2.24, 2.45) is 5.92 Å². The molecule has 2 aromatic rings. The Balaban J connectivity index is 1.67. The molecule has 3 saturated heterocycles. The summed E-state index contributed by atoms with van der Waals surface area (Å²) in [5, 5.41) is 11.7. The largest absolute Gasteiger partial charge is 0.497 e. The molecule has 1 aromatic carbocycles. The number of aromatic nitrogens is 1. The number of benzene rings is 1. The van der Waals surface area contributed by atoms with Gasteiger partial charge in [-0.05, 0) is 50.2 Å². The molecule has 5 nitrogen and oxygen atoms in total. The molecule has 3 fully saturated rings. The van der Waals surface area contributed by atoms with Crippen LogP contribution in [0, 0.1) is 5.92 Å². The molecule has 0 spiro atoms. The molecular formula is C18H20N2O3. The number of hydrogen-bond acceptors (Lipinski definition) is 5. The molecule has 23 heavy (non-hydrogen) atoms. The lowest BCUT2D eigenvalue weighted by atomic mass is 9.79. The zero-order valence-corrected chi connectivity index (χ0v) is 13.1. The standard InChI is InChI=1S/C18H20N2O3/c1-23-13-3-5-14-12(10-13)2-4-15(19-14)18(22)16-17(21)11-6-8-20(16)9-7-11/h2-5,10-11,16,18,22H,6-9H2,1H3. The van der Waals surface area contributed by atoms with Gasteiger partial charge in [-0.1, -0.05) is 6.07 Å². The second kappa shape index (κ2) is 5.58. The van der Waals surface area contributed by atoms with Gasteiger partial charge >= 0.3 is 0 Å². The molecule has 1 N–H and O–H groups in total. The highest BCUT2D eigenvalue weighted by Gasteiger charge is 2.45. The zero-order chi connectivity index (χ0) is 16.0. The number of aliphatic hydroxyl groups excluding tert-OH is 1. The fraction of sp³-hybridized carbons (Fsp3) is 0.444. The first-order chi connectivity index (χ1) is 11.2. The average molecular weight is 312 g/mol. The van der Waals surface area contributed by atoms with E-state index in [1.165, 1.54) is 0 Å². The molecule has 2 atom stereocenters. The van der Waals surface area contributed by atoms with Crippen molar-refractivity contribution in [3.8, 4) is 5.75 Å². The number of fused-ring (bicyclic) bond motifs is 4. The van der Waals surface area contributed by atoms with Crippen LogP contribution < -0.4 is 4.74 Å². The molecule has 4 heterocycles. The van der Waals surface area contributed by atoms with E-state index in [1.54, 1.807) is 7.11 Å². The summed E-state index contributed by atoms with van der Waals surface area (Å²) in [5.41, 5.74) is 1.36. The van der Waals surface area contributed by atoms with Crippen molar-refractivity contribution in [1.82, 2.24) is 9.88 Å². The molecular weight excluding hydrogens is 292 g/mol. The van der Waals surface area contributed by atoms with Crippen LogP contribution in [-0.2, 0) is 4.79 Å². The highest BCUT2D eigenvalue weighted by Crippen LogP contribution is 2.35. The summed E-state index contributed by atoms with van der Waals surface area (Å²) in [7, 11) is 1.63. The summed E-state index contributed by atoms with van der Waals surface area (Å²) in [5.74, 6) is 1.06. The predicted octanol–water partition coefficient (Wildman–Crippen LogP) is 1.94. The van der Waals surface area contributed by atoms with Gasteiger partial charge < -0.3 is 9.84 Å². The Morgan fingerprint density at radius 3 is 2.74 bits per heavy atom. The van der Waals surface area contributed by atoms with Gasteiger partial charge in [-0.25, -0.2) is 4.98 Å². The number of hydrogen-bond donors (Lipinski definition) is 1. The third-order valence-corrected chi connectivity index (χ3v) is 5.14. The van der Waals surface area contributed by atoms with E-state index in [2.05, 4.69) is 9.88 Å². The van der Waals surface area contributed by atoms with E-state index >= 15 is 0 Å². The minimum absolute atomic E-state index is 0.115. The second-order valence-corrected chi connectivity index (χ2v) is 6.40. The highest BCUT2D eigenvalue weighted by molar-refractivity contribution is 5.88. The molecule has 5 rings (SSSR count). The Morgan fingerprint density at radius 2 is 2.04 bits per heavy atom. The topological polar surface area (TPSA) is 62.7 Å². The Kier molecular flexibility index (Phi) is 3.54. The van der Waals surface area contributed by atoms with Crippen LogP contribution in [0.2, 0.25) is 0 Å². The molecule has 120 valence electrons. The van der Waals surface area contributed by atoms with Crippen molar-refractivity contribution >= 4 is 16.7 Å². The van der Waals surface area contributed by atoms with Crippen molar-refractivity contribution in [2.75, 3.05) is 20.2 Å². The van der Waals surface area contributed by atoms with E-state index in [1.807, 2.05) is 30.3 Å². The summed E-state index contributed by atoms with van der Waals surface area (Å²) in [6.07, 6.45) is 0.983. The molecule has 2 unspecified atom stereocenters. The maximum absolute atomic E-state index is 12.5. The van der Waals surface area contributed by atoms with E-state index < -0.39 is 12.1 Å². The normalized spacial score (nSPS) is 28.1. The van der Waals surface area contributed by atoms with Crippen molar-refractivity contribution in [3.63, 3.8) is 0 Å². The molecule has 0 saturated carbocycles. The summed E-state index contributed by atoms with van der Waals surface area (Å²) in [6.45, 7) is 1.78. The van der Waals surface area contributed by atoms with Gasteiger partial charge in [-0.3, -0.25) is 9.69 Å². The van der Waals surface area contributed by atoms with Crippen LogP contribution in [0.1, 0.15) is 24.6 Å². The summed E-state index contributed by atoms with van der Waals surface area (Å²) < 4.78 is 5.21. The van der Waals surface area contributed by atoms with Crippen LogP contribution in [0.25, 0.3) is 10.9 Å². The quantitative estimate of drug-likeness (QED) is 0.938. The van der Waals surface area contributed by atoms with Crippen LogP contribution in [0.15, 0.2) is 30.3 Å². The SMILES string of the molecule is COc1ccc2nc(C(O)C3C(=O)C4CCN3CC4)ccc2c1. The number of aliphatic hydroxyl groups is 1. The van der Waals surface area contributed by atoms with Gasteiger partial charge in [0.2, 0.25) is 0 Å². The molecule has 0 aliphatic carbocycles. The number of methoxy groups -OCH3 is 1. The van der Waals surface area contributed by atoms with Crippen LogP contribution in [-0.4, -0.2) is 47.0 Å². The Bertz CT molecular complexity index is 753. The van der Waals surface area contributed by atoms with E-state index in [0.717, 1.165) is 42.6 Å². The highest BCUT2D eigenvalue weighted by atomic mass is 16.5. The van der Waals surface area contributed by atoms with Crippen molar-refractivity contribution in [3.05, 3.63) is 36.0 Å². The number of Topliss-reactive ketones (excluding diaryl/α,β-unsaturated/α-hetero) is 1. The lowest BCUT2D eigenvalue weighted by Crippen LogP contribution is -2.57. The summed E-state index contributed by atoms with van der Waals surface area (Å²) >= 11 is 0. The summed E-state index contributed by atoms with van der Waals surface area (Å²) in [6, 6.07) is 8.93. The minimum Gasteiger partial charge on any atom is -0.497 e. The van der Waals surface area contributed by atoms with Gasteiger partial charge in [0.25, 0.3) is 0 Å². The number of ether oxygens (including phenoxy) is 1. The molecule has 5 heteroatoms. The zero-order valence-electron chi connectivity index (χ0n) is 13.1.